The van der Waals surface area contributed by atoms with Gasteiger partial charge in [0.25, 0.3) is 0 Å². The van der Waals surface area contributed by atoms with E-state index in [1.807, 2.05) is 11.8 Å². The highest BCUT2D eigenvalue weighted by atomic mass is 32.2. The van der Waals surface area contributed by atoms with E-state index in [1.165, 1.54) is 53.5 Å². The summed E-state index contributed by atoms with van der Waals surface area (Å²) >= 11 is 2.00. The maximum absolute atomic E-state index is 2.46. The fourth-order valence-electron chi connectivity index (χ4n) is 4.05. The van der Waals surface area contributed by atoms with Gasteiger partial charge in [0.2, 0.25) is 0 Å². The Balaban J connectivity index is 1.82. The van der Waals surface area contributed by atoms with Gasteiger partial charge in [-0.15, -0.1) is 0 Å². The Kier molecular flexibility index (Phi) is 4.43. The van der Waals surface area contributed by atoms with Crippen LogP contribution in [0, 0.1) is 0 Å². The van der Waals surface area contributed by atoms with E-state index in [9.17, 15) is 0 Å². The topological polar surface area (TPSA) is 21.1 Å². The first kappa shape index (κ1) is 15.3. The first-order valence-electron chi connectivity index (χ1n) is 8.90. The first-order chi connectivity index (χ1) is 11.4. The number of quaternary nitrogens is 2. The van der Waals surface area contributed by atoms with E-state index < -0.39 is 0 Å². The van der Waals surface area contributed by atoms with E-state index in [0.29, 0.717) is 6.04 Å². The Hall–Kier alpha value is -1.29. The van der Waals surface area contributed by atoms with Crippen LogP contribution >= 0.6 is 11.8 Å². The van der Waals surface area contributed by atoms with Crippen molar-refractivity contribution in [3.8, 4) is 0 Å². The summed E-state index contributed by atoms with van der Waals surface area (Å²) in [6.45, 7) is 7.39. The van der Waals surface area contributed by atoms with Gasteiger partial charge in [0.1, 0.15) is 32.2 Å². The number of nitrogens with two attached hydrogens (primary N) is 1. The van der Waals surface area contributed by atoms with Gasteiger partial charge in [0, 0.05) is 21.8 Å². The molecule has 2 aromatic rings. The van der Waals surface area contributed by atoms with Crippen LogP contribution in [0.3, 0.4) is 0 Å². The van der Waals surface area contributed by atoms with E-state index in [0.717, 1.165) is 6.42 Å². The molecule has 2 aliphatic rings. The summed E-state index contributed by atoms with van der Waals surface area (Å²) in [5.41, 5.74) is 4.63. The summed E-state index contributed by atoms with van der Waals surface area (Å²) in [6, 6.07) is 16.6. The van der Waals surface area contributed by atoms with Crippen LogP contribution in [0.25, 0.3) is 0 Å². The molecule has 2 aromatic carbocycles. The first-order valence-corrected chi connectivity index (χ1v) is 9.72. The van der Waals surface area contributed by atoms with Crippen LogP contribution in [0.15, 0.2) is 52.3 Å². The fraction of sp³-hybridized carbons (Fsp3) is 0.400. The predicted octanol–water partition coefficient (Wildman–Crippen LogP) is 1.46. The van der Waals surface area contributed by atoms with Crippen molar-refractivity contribution in [2.45, 2.75) is 35.6 Å². The average Bonchev–Trinajstić information content (AvgIpc) is 2.79. The second kappa shape index (κ2) is 6.68. The number of fused-ring (bicyclic) bond motifs is 2. The molecule has 1 fully saturated rings. The molecule has 0 saturated carbocycles. The second-order valence-corrected chi connectivity index (χ2v) is 7.73. The monoisotopic (exact) mass is 326 g/mol. The van der Waals surface area contributed by atoms with Gasteiger partial charge < -0.3 is 10.2 Å². The lowest BCUT2D eigenvalue weighted by Crippen LogP contribution is -3.20. The molecule has 1 atom stereocenters. The molecular formula is C20H26N2S+2. The van der Waals surface area contributed by atoms with Crippen LogP contribution < -0.4 is 10.2 Å². The van der Waals surface area contributed by atoms with Crippen molar-refractivity contribution in [3.05, 3.63) is 59.2 Å². The lowest BCUT2D eigenvalue weighted by molar-refractivity contribution is -0.972. The third-order valence-corrected chi connectivity index (χ3v) is 6.64. The number of hydrogen-bond acceptors (Lipinski definition) is 1. The zero-order chi connectivity index (χ0) is 15.6. The molecule has 0 radical (unpaired) electrons. The molecule has 3 N–H and O–H groups in total. The molecule has 2 nitrogen and oxygen atoms in total. The Morgan fingerprint density at radius 1 is 1.09 bits per heavy atom. The molecule has 2 heterocycles. The molecule has 0 aromatic heterocycles. The fourth-order valence-corrected chi connectivity index (χ4v) is 5.37. The third kappa shape index (κ3) is 2.93. The molecule has 0 spiro atoms. The van der Waals surface area contributed by atoms with Gasteiger partial charge in [0.05, 0.1) is 0 Å². The lowest BCUT2D eigenvalue weighted by Gasteiger charge is -2.31. The van der Waals surface area contributed by atoms with Gasteiger partial charge in [-0.2, -0.15) is 0 Å². The number of aryl methyl sites for hydroxylation is 1. The van der Waals surface area contributed by atoms with Crippen molar-refractivity contribution in [2.75, 3.05) is 26.2 Å². The minimum atomic E-state index is 0.612. The maximum Gasteiger partial charge on any atom is 0.127 e. The van der Waals surface area contributed by atoms with Crippen LogP contribution in [0.5, 0.6) is 0 Å². The molecule has 0 unspecified atom stereocenters. The van der Waals surface area contributed by atoms with Gasteiger partial charge >= 0.3 is 0 Å². The normalized spacial score (nSPS) is 21.3. The van der Waals surface area contributed by atoms with Crippen LogP contribution in [-0.4, -0.2) is 26.2 Å². The zero-order valence-corrected chi connectivity index (χ0v) is 14.7. The molecule has 3 heteroatoms. The van der Waals surface area contributed by atoms with Gasteiger partial charge in [-0.3, -0.25) is 0 Å². The van der Waals surface area contributed by atoms with Gasteiger partial charge in [-0.05, 0) is 23.6 Å². The van der Waals surface area contributed by atoms with Crippen LogP contribution in [-0.2, 0) is 12.8 Å². The summed E-state index contributed by atoms with van der Waals surface area (Å²) in [7, 11) is 0. The van der Waals surface area contributed by atoms with Gasteiger partial charge in [-0.25, -0.2) is 0 Å². The molecule has 4 rings (SSSR count). The lowest BCUT2D eigenvalue weighted by atomic mass is 9.95. The van der Waals surface area contributed by atoms with Crippen LogP contribution in [0.4, 0.5) is 0 Å². The van der Waals surface area contributed by atoms with Gasteiger partial charge in [-0.1, -0.05) is 55.1 Å². The Morgan fingerprint density at radius 3 is 2.74 bits per heavy atom. The summed E-state index contributed by atoms with van der Waals surface area (Å²) in [4.78, 5) is 4.77. The van der Waals surface area contributed by atoms with E-state index in [2.05, 4.69) is 54.7 Å². The highest BCUT2D eigenvalue weighted by Gasteiger charge is 2.32. The largest absolute Gasteiger partial charge is 0.337 e. The molecular weight excluding hydrogens is 300 g/mol. The number of piperazine rings is 1. The summed E-state index contributed by atoms with van der Waals surface area (Å²) < 4.78 is 0. The van der Waals surface area contributed by atoms with E-state index >= 15 is 0 Å². The smallest absolute Gasteiger partial charge is 0.127 e. The van der Waals surface area contributed by atoms with E-state index in [4.69, 9.17) is 0 Å². The average molecular weight is 327 g/mol. The number of hydrogen-bond donors (Lipinski definition) is 2. The van der Waals surface area contributed by atoms with E-state index in [1.54, 1.807) is 10.5 Å². The van der Waals surface area contributed by atoms with Crippen molar-refractivity contribution in [2.24, 2.45) is 0 Å². The standard InChI is InChI=1S/C20H24N2S/c1-2-15-7-5-8-17-18(22-12-10-21-11-13-22)14-16-6-3-4-9-19(16)23-20(15)17/h3-9,18,21H,2,10-14H2,1H3/p+2/t18-/m1/s1. The Labute approximate surface area is 143 Å². The van der Waals surface area contributed by atoms with Crippen molar-refractivity contribution in [1.29, 1.82) is 0 Å². The number of benzene rings is 2. The summed E-state index contributed by atoms with van der Waals surface area (Å²) in [5.74, 6) is 0. The number of nitrogens with one attached hydrogen (secondary N) is 1. The SMILES string of the molecule is CCc1cccc2c1Sc1ccccc1C[C@H]2[NH+]1CC[NH2+]CC1. The van der Waals surface area contributed by atoms with Crippen LogP contribution in [0.2, 0.25) is 0 Å². The zero-order valence-electron chi connectivity index (χ0n) is 13.8. The van der Waals surface area contributed by atoms with Crippen molar-refractivity contribution in [3.63, 3.8) is 0 Å². The molecule has 2 aliphatic heterocycles. The minimum Gasteiger partial charge on any atom is -0.337 e. The third-order valence-electron chi connectivity index (χ3n) is 5.32. The van der Waals surface area contributed by atoms with Crippen molar-refractivity contribution in [1.82, 2.24) is 0 Å². The van der Waals surface area contributed by atoms with Gasteiger partial charge in [0.15, 0.2) is 0 Å². The van der Waals surface area contributed by atoms with Crippen LogP contribution in [0.1, 0.15) is 29.7 Å². The molecule has 0 aliphatic carbocycles. The molecule has 1 saturated heterocycles. The Morgan fingerprint density at radius 2 is 1.91 bits per heavy atom. The molecule has 23 heavy (non-hydrogen) atoms. The van der Waals surface area contributed by atoms with Crippen molar-refractivity contribution < 1.29 is 10.2 Å². The minimum absolute atomic E-state index is 0.612. The molecule has 0 amide bonds. The van der Waals surface area contributed by atoms with Crippen molar-refractivity contribution >= 4 is 11.8 Å². The summed E-state index contributed by atoms with van der Waals surface area (Å²) in [6.07, 6.45) is 2.30. The maximum atomic E-state index is 2.46. The Bertz CT molecular complexity index is 692. The quantitative estimate of drug-likeness (QED) is 0.856. The predicted molar refractivity (Wildman–Crippen MR) is 95.2 cm³/mol. The highest BCUT2D eigenvalue weighted by molar-refractivity contribution is 7.99. The van der Waals surface area contributed by atoms with E-state index in [-0.39, 0.29) is 0 Å². The number of rotatable bonds is 2. The molecule has 120 valence electrons. The summed E-state index contributed by atoms with van der Waals surface area (Å²) in [5, 5.41) is 2.46. The molecule has 0 bridgehead atoms. The highest BCUT2D eigenvalue weighted by Crippen LogP contribution is 2.41. The second-order valence-electron chi connectivity index (χ2n) is 6.68.